The van der Waals surface area contributed by atoms with Gasteiger partial charge in [0.25, 0.3) is 0 Å². The van der Waals surface area contributed by atoms with E-state index in [4.69, 9.17) is 4.98 Å². The zero-order chi connectivity index (χ0) is 17.5. The smallest absolute Gasteiger partial charge is 0.169 e. The maximum absolute atomic E-state index is 5.17. The van der Waals surface area contributed by atoms with E-state index in [0.29, 0.717) is 0 Å². The standard InChI is InChI=1S/C24H23N2/c1-26-15-13-18(14-16-26)24-21-10-4-2-3-9-20(21)23-19-8-6-5-7-17(19)11-12-22(23)25-24/h5-8,11-16H,2-4,9-10H2,1H3/q+1. The summed E-state index contributed by atoms with van der Waals surface area (Å²) < 4.78 is 2.08. The van der Waals surface area contributed by atoms with Crippen LogP contribution >= 0.6 is 0 Å². The van der Waals surface area contributed by atoms with E-state index in [9.17, 15) is 0 Å². The van der Waals surface area contributed by atoms with Gasteiger partial charge in [0.1, 0.15) is 7.05 Å². The number of rotatable bonds is 1. The van der Waals surface area contributed by atoms with Gasteiger partial charge in [-0.25, -0.2) is 9.55 Å². The van der Waals surface area contributed by atoms with Gasteiger partial charge in [0.2, 0.25) is 0 Å². The third-order valence-corrected chi connectivity index (χ3v) is 5.70. The fourth-order valence-corrected chi connectivity index (χ4v) is 4.38. The first-order chi connectivity index (χ1) is 12.8. The lowest BCUT2D eigenvalue weighted by Gasteiger charge is -2.17. The molecule has 2 heterocycles. The fraction of sp³-hybridized carbons (Fsp3) is 0.250. The van der Waals surface area contributed by atoms with Crippen molar-refractivity contribution in [3.05, 3.63) is 72.1 Å². The zero-order valence-corrected chi connectivity index (χ0v) is 15.2. The summed E-state index contributed by atoms with van der Waals surface area (Å²) in [6.45, 7) is 0. The third kappa shape index (κ3) is 2.48. The van der Waals surface area contributed by atoms with Crippen LogP contribution in [0.5, 0.6) is 0 Å². The molecule has 26 heavy (non-hydrogen) atoms. The van der Waals surface area contributed by atoms with Crippen LogP contribution in [0.25, 0.3) is 32.9 Å². The van der Waals surface area contributed by atoms with E-state index in [2.05, 4.69) is 72.5 Å². The molecule has 2 aromatic carbocycles. The fourth-order valence-electron chi connectivity index (χ4n) is 4.38. The van der Waals surface area contributed by atoms with Crippen molar-refractivity contribution in [1.82, 2.24) is 4.98 Å². The van der Waals surface area contributed by atoms with Crippen LogP contribution in [-0.4, -0.2) is 4.98 Å². The van der Waals surface area contributed by atoms with Gasteiger partial charge in [0.05, 0.1) is 11.2 Å². The van der Waals surface area contributed by atoms with Crippen molar-refractivity contribution >= 4 is 21.7 Å². The Balaban J connectivity index is 1.88. The first-order valence-electron chi connectivity index (χ1n) is 9.60. The molecule has 0 saturated heterocycles. The van der Waals surface area contributed by atoms with Gasteiger partial charge in [-0.3, -0.25) is 0 Å². The van der Waals surface area contributed by atoms with E-state index >= 15 is 0 Å². The summed E-state index contributed by atoms with van der Waals surface area (Å²) in [7, 11) is 2.06. The van der Waals surface area contributed by atoms with Crippen molar-refractivity contribution in [3.8, 4) is 11.3 Å². The first kappa shape index (κ1) is 15.5. The molecule has 2 aromatic heterocycles. The minimum Gasteiger partial charge on any atom is -0.247 e. The number of fused-ring (bicyclic) bond motifs is 5. The third-order valence-electron chi connectivity index (χ3n) is 5.70. The van der Waals surface area contributed by atoms with Gasteiger partial charge in [0.15, 0.2) is 12.4 Å². The van der Waals surface area contributed by atoms with Crippen LogP contribution in [0.15, 0.2) is 60.9 Å². The Morgan fingerprint density at radius 1 is 0.808 bits per heavy atom. The second kappa shape index (κ2) is 6.21. The Morgan fingerprint density at radius 3 is 2.42 bits per heavy atom. The van der Waals surface area contributed by atoms with Crippen molar-refractivity contribution in [3.63, 3.8) is 0 Å². The van der Waals surface area contributed by atoms with Crippen LogP contribution in [0.4, 0.5) is 0 Å². The minimum atomic E-state index is 1.13. The summed E-state index contributed by atoms with van der Waals surface area (Å²) in [6, 6.07) is 17.5. The Hall–Kier alpha value is -2.74. The lowest BCUT2D eigenvalue weighted by atomic mass is 9.91. The van der Waals surface area contributed by atoms with Crippen LogP contribution in [0, 0.1) is 0 Å². The summed E-state index contributed by atoms with van der Waals surface area (Å²) in [5.41, 5.74) is 6.56. The topological polar surface area (TPSA) is 16.8 Å². The molecular weight excluding hydrogens is 316 g/mol. The average Bonchev–Trinajstić information content (AvgIpc) is 2.94. The second-order valence-corrected chi connectivity index (χ2v) is 7.41. The normalized spacial score (nSPS) is 14.3. The van der Waals surface area contributed by atoms with Crippen molar-refractivity contribution in [2.45, 2.75) is 32.1 Å². The van der Waals surface area contributed by atoms with Gasteiger partial charge in [-0.15, -0.1) is 0 Å². The highest BCUT2D eigenvalue weighted by atomic mass is 14.9. The highest BCUT2D eigenvalue weighted by Crippen LogP contribution is 2.37. The highest BCUT2D eigenvalue weighted by Gasteiger charge is 2.20. The van der Waals surface area contributed by atoms with Crippen molar-refractivity contribution < 1.29 is 4.57 Å². The Kier molecular flexibility index (Phi) is 3.70. The van der Waals surface area contributed by atoms with E-state index < -0.39 is 0 Å². The molecule has 2 heteroatoms. The molecule has 128 valence electrons. The lowest BCUT2D eigenvalue weighted by Crippen LogP contribution is -2.25. The predicted molar refractivity (Wildman–Crippen MR) is 107 cm³/mol. The SMILES string of the molecule is C[n+]1ccc(-c2nc3ccc4ccccc4c3c3c2CCCCC3)cc1. The van der Waals surface area contributed by atoms with Crippen molar-refractivity contribution in [2.24, 2.45) is 7.05 Å². The molecule has 1 aliphatic carbocycles. The molecule has 4 aromatic rings. The molecule has 2 nitrogen and oxygen atoms in total. The molecule has 0 aliphatic heterocycles. The Bertz CT molecular complexity index is 1110. The van der Waals surface area contributed by atoms with E-state index in [-0.39, 0.29) is 0 Å². The quantitative estimate of drug-likeness (QED) is 0.266. The minimum absolute atomic E-state index is 1.13. The van der Waals surface area contributed by atoms with E-state index in [0.717, 1.165) is 18.4 Å². The molecule has 0 fully saturated rings. The van der Waals surface area contributed by atoms with E-state index in [1.54, 1.807) is 0 Å². The van der Waals surface area contributed by atoms with Gasteiger partial charge >= 0.3 is 0 Å². The summed E-state index contributed by atoms with van der Waals surface area (Å²) in [6.07, 6.45) is 10.4. The largest absolute Gasteiger partial charge is 0.247 e. The van der Waals surface area contributed by atoms with Crippen LogP contribution in [-0.2, 0) is 19.9 Å². The number of hydrogen-bond donors (Lipinski definition) is 0. The summed E-state index contributed by atoms with van der Waals surface area (Å²) in [5.74, 6) is 0. The van der Waals surface area contributed by atoms with E-state index in [1.165, 1.54) is 57.8 Å². The average molecular weight is 339 g/mol. The molecule has 0 amide bonds. The number of aryl methyl sites for hydroxylation is 2. The number of hydrogen-bond acceptors (Lipinski definition) is 1. The molecule has 0 spiro atoms. The Morgan fingerprint density at radius 2 is 1.58 bits per heavy atom. The lowest BCUT2D eigenvalue weighted by molar-refractivity contribution is -0.671. The van der Waals surface area contributed by atoms with E-state index in [1.807, 2.05) is 0 Å². The number of benzene rings is 2. The molecule has 0 saturated carbocycles. The van der Waals surface area contributed by atoms with Gasteiger partial charge in [0, 0.05) is 23.1 Å². The van der Waals surface area contributed by atoms with Crippen LogP contribution in [0.2, 0.25) is 0 Å². The monoisotopic (exact) mass is 339 g/mol. The first-order valence-corrected chi connectivity index (χ1v) is 9.60. The molecule has 0 atom stereocenters. The summed E-state index contributed by atoms with van der Waals surface area (Å²) >= 11 is 0. The molecule has 0 N–H and O–H groups in total. The van der Waals surface area contributed by atoms with Crippen LogP contribution in [0.3, 0.4) is 0 Å². The summed E-state index contributed by atoms with van der Waals surface area (Å²) in [5, 5.41) is 4.04. The van der Waals surface area contributed by atoms with Gasteiger partial charge in [-0.05, 0) is 53.6 Å². The van der Waals surface area contributed by atoms with Gasteiger partial charge in [-0.2, -0.15) is 0 Å². The number of aromatic nitrogens is 2. The predicted octanol–water partition coefficient (Wildman–Crippen LogP) is 5.15. The number of nitrogens with zero attached hydrogens (tertiary/aromatic N) is 2. The number of pyridine rings is 2. The Labute approximate surface area is 154 Å². The molecule has 0 unspecified atom stereocenters. The molecule has 5 rings (SSSR count). The van der Waals surface area contributed by atoms with Crippen LogP contribution < -0.4 is 4.57 Å². The van der Waals surface area contributed by atoms with Crippen molar-refractivity contribution in [2.75, 3.05) is 0 Å². The maximum atomic E-state index is 5.17. The molecule has 0 bridgehead atoms. The van der Waals surface area contributed by atoms with Gasteiger partial charge in [-0.1, -0.05) is 36.8 Å². The van der Waals surface area contributed by atoms with Gasteiger partial charge < -0.3 is 0 Å². The highest BCUT2D eigenvalue weighted by molar-refractivity contribution is 6.09. The summed E-state index contributed by atoms with van der Waals surface area (Å²) in [4.78, 5) is 5.17. The molecule has 0 radical (unpaired) electrons. The maximum Gasteiger partial charge on any atom is 0.169 e. The van der Waals surface area contributed by atoms with Crippen LogP contribution in [0.1, 0.15) is 30.4 Å². The molecular formula is C24H23N2+. The zero-order valence-electron chi connectivity index (χ0n) is 15.2. The second-order valence-electron chi connectivity index (χ2n) is 7.41. The van der Waals surface area contributed by atoms with Crippen molar-refractivity contribution in [1.29, 1.82) is 0 Å². The molecule has 1 aliphatic rings.